The highest BCUT2D eigenvalue weighted by Gasteiger charge is 2.27. The van der Waals surface area contributed by atoms with Crippen molar-refractivity contribution in [1.82, 2.24) is 14.8 Å². The number of methoxy groups -OCH3 is 1. The maximum absolute atomic E-state index is 13.8. The van der Waals surface area contributed by atoms with Crippen molar-refractivity contribution < 1.29 is 19.1 Å². The average Bonchev–Trinajstić information content (AvgIpc) is 2.94. The van der Waals surface area contributed by atoms with Crippen LogP contribution in [-0.2, 0) is 16.0 Å². The number of nitrogens with one attached hydrogen (secondary N) is 1. The van der Waals surface area contributed by atoms with E-state index in [0.29, 0.717) is 27.2 Å². The highest BCUT2D eigenvalue weighted by Crippen LogP contribution is 2.26. The Labute approximate surface area is 243 Å². The van der Waals surface area contributed by atoms with Crippen LogP contribution < -0.4 is 10.7 Å². The molecule has 1 aromatic heterocycles. The number of benzene rings is 3. The van der Waals surface area contributed by atoms with Crippen LogP contribution in [0.25, 0.3) is 16.6 Å². The van der Waals surface area contributed by atoms with Gasteiger partial charge in [-0.3, -0.25) is 14.4 Å². The average molecular weight is 574 g/mol. The monoisotopic (exact) mass is 573 g/mol. The van der Waals surface area contributed by atoms with E-state index < -0.39 is 11.5 Å². The van der Waals surface area contributed by atoms with Crippen molar-refractivity contribution in [2.45, 2.75) is 32.2 Å². The van der Waals surface area contributed by atoms with Crippen molar-refractivity contribution in [1.29, 1.82) is 0 Å². The third kappa shape index (κ3) is 6.49. The minimum absolute atomic E-state index is 0.0918. The fourth-order valence-electron chi connectivity index (χ4n) is 4.67. The summed E-state index contributed by atoms with van der Waals surface area (Å²) in [5.41, 5.74) is 1.59. The van der Waals surface area contributed by atoms with E-state index in [9.17, 15) is 19.2 Å². The second-order valence-electron chi connectivity index (χ2n) is 10.7. The zero-order valence-electron chi connectivity index (χ0n) is 23.7. The first kappa shape index (κ1) is 29.6. The molecule has 41 heavy (non-hydrogen) atoms. The molecule has 1 N–H and O–H groups in total. The van der Waals surface area contributed by atoms with Gasteiger partial charge in [-0.25, -0.2) is 4.79 Å². The smallest absolute Gasteiger partial charge is 0.355 e. The summed E-state index contributed by atoms with van der Waals surface area (Å²) in [5.74, 6) is -1.07. The van der Waals surface area contributed by atoms with Gasteiger partial charge in [0.1, 0.15) is 5.69 Å². The van der Waals surface area contributed by atoms with Crippen molar-refractivity contribution in [3.63, 3.8) is 0 Å². The summed E-state index contributed by atoms with van der Waals surface area (Å²) in [6, 6.07) is 21.0. The van der Waals surface area contributed by atoms with Crippen molar-refractivity contribution >= 4 is 40.3 Å². The van der Waals surface area contributed by atoms with Crippen LogP contribution in [0.5, 0.6) is 0 Å². The molecule has 0 aliphatic heterocycles. The Kier molecular flexibility index (Phi) is 8.63. The standard InChI is InChI=1S/C32H32ClN3O5/c1-32(2,19-27(37)35(3)4)34-30(39)21-13-11-20(12-14-21)17-25-28(31(40)41-5)36(23-9-7-6-8-10-23)26-18-22(33)15-16-24(26)29(25)38/h6-16,18H,17,19H2,1-5H3,(H,34,39). The first-order chi connectivity index (χ1) is 19.4. The van der Waals surface area contributed by atoms with E-state index in [-0.39, 0.29) is 41.3 Å². The van der Waals surface area contributed by atoms with Crippen LogP contribution in [0.4, 0.5) is 0 Å². The molecule has 0 saturated heterocycles. The molecule has 0 bridgehead atoms. The number of fused-ring (bicyclic) bond motifs is 1. The summed E-state index contributed by atoms with van der Waals surface area (Å²) in [4.78, 5) is 53.5. The lowest BCUT2D eigenvalue weighted by Crippen LogP contribution is -2.46. The molecule has 0 spiro atoms. The Morgan fingerprint density at radius 3 is 2.24 bits per heavy atom. The van der Waals surface area contributed by atoms with Crippen molar-refractivity contribution in [3.8, 4) is 5.69 Å². The molecule has 0 radical (unpaired) electrons. The third-order valence-electron chi connectivity index (χ3n) is 6.76. The lowest BCUT2D eigenvalue weighted by molar-refractivity contribution is -0.129. The largest absolute Gasteiger partial charge is 0.464 e. The van der Waals surface area contributed by atoms with E-state index in [4.69, 9.17) is 16.3 Å². The van der Waals surface area contributed by atoms with Gasteiger partial charge in [-0.2, -0.15) is 0 Å². The fraction of sp³-hybridized carbons (Fsp3) is 0.250. The minimum Gasteiger partial charge on any atom is -0.464 e. The lowest BCUT2D eigenvalue weighted by atomic mass is 9.97. The predicted molar refractivity (Wildman–Crippen MR) is 160 cm³/mol. The molecule has 0 fully saturated rings. The Morgan fingerprint density at radius 1 is 0.976 bits per heavy atom. The highest BCUT2D eigenvalue weighted by molar-refractivity contribution is 6.31. The van der Waals surface area contributed by atoms with Crippen LogP contribution in [0, 0.1) is 0 Å². The maximum Gasteiger partial charge on any atom is 0.355 e. The topological polar surface area (TPSA) is 97.7 Å². The van der Waals surface area contributed by atoms with E-state index in [1.165, 1.54) is 12.0 Å². The summed E-state index contributed by atoms with van der Waals surface area (Å²) < 4.78 is 6.84. The molecule has 8 nitrogen and oxygen atoms in total. The van der Waals surface area contributed by atoms with E-state index >= 15 is 0 Å². The van der Waals surface area contributed by atoms with Gasteiger partial charge in [0, 0.05) is 59.7 Å². The molecule has 4 rings (SSSR count). The number of carbonyl (C=O) groups excluding carboxylic acids is 3. The number of carbonyl (C=O) groups is 3. The van der Waals surface area contributed by atoms with Crippen LogP contribution in [0.2, 0.25) is 5.02 Å². The van der Waals surface area contributed by atoms with Crippen molar-refractivity contribution in [2.75, 3.05) is 21.2 Å². The van der Waals surface area contributed by atoms with Gasteiger partial charge < -0.3 is 19.5 Å². The van der Waals surface area contributed by atoms with Gasteiger partial charge in [0.05, 0.1) is 12.6 Å². The van der Waals surface area contributed by atoms with Crippen molar-refractivity contribution in [2.24, 2.45) is 0 Å². The first-order valence-electron chi connectivity index (χ1n) is 13.0. The number of esters is 1. The lowest BCUT2D eigenvalue weighted by Gasteiger charge is -2.27. The molecule has 9 heteroatoms. The number of ether oxygens (including phenoxy) is 1. The number of aromatic nitrogens is 1. The molecule has 0 aliphatic rings. The second kappa shape index (κ2) is 12.0. The number of pyridine rings is 1. The number of rotatable bonds is 8. The van der Waals surface area contributed by atoms with Crippen LogP contribution in [0.15, 0.2) is 77.6 Å². The second-order valence-corrected chi connectivity index (χ2v) is 11.1. The molecule has 0 aliphatic carbocycles. The summed E-state index contributed by atoms with van der Waals surface area (Å²) in [5, 5.41) is 3.74. The molecule has 4 aromatic rings. The first-order valence-corrected chi connectivity index (χ1v) is 13.4. The van der Waals surface area contributed by atoms with E-state index in [2.05, 4.69) is 5.32 Å². The predicted octanol–water partition coefficient (Wildman–Crippen LogP) is 5.01. The van der Waals surface area contributed by atoms with E-state index in [1.807, 2.05) is 30.3 Å². The Morgan fingerprint density at radius 2 is 1.63 bits per heavy atom. The number of hydrogen-bond acceptors (Lipinski definition) is 5. The number of halogens is 1. The zero-order chi connectivity index (χ0) is 29.9. The Bertz CT molecular complexity index is 1680. The number of para-hydroxylation sites is 1. The zero-order valence-corrected chi connectivity index (χ0v) is 24.4. The summed E-state index contributed by atoms with van der Waals surface area (Å²) >= 11 is 6.30. The van der Waals surface area contributed by atoms with Gasteiger partial charge in [-0.15, -0.1) is 0 Å². The number of amides is 2. The van der Waals surface area contributed by atoms with Gasteiger partial charge >= 0.3 is 5.97 Å². The van der Waals surface area contributed by atoms with Gasteiger partial charge in [-0.05, 0) is 61.9 Å². The Hall–Kier alpha value is -4.43. The van der Waals surface area contributed by atoms with Crippen molar-refractivity contribution in [3.05, 3.63) is 110 Å². The van der Waals surface area contributed by atoms with Gasteiger partial charge in [-0.1, -0.05) is 41.9 Å². The molecule has 0 atom stereocenters. The molecule has 0 unspecified atom stereocenters. The molecule has 0 saturated carbocycles. The molecule has 3 aromatic carbocycles. The van der Waals surface area contributed by atoms with E-state index in [1.54, 1.807) is 75.0 Å². The maximum atomic E-state index is 13.8. The summed E-state index contributed by atoms with van der Waals surface area (Å²) in [6.07, 6.45) is 0.278. The van der Waals surface area contributed by atoms with Crippen LogP contribution in [0.3, 0.4) is 0 Å². The molecule has 212 valence electrons. The van der Waals surface area contributed by atoms with Gasteiger partial charge in [0.25, 0.3) is 5.91 Å². The molecular formula is C32H32ClN3O5. The van der Waals surface area contributed by atoms with Gasteiger partial charge in [0.2, 0.25) is 5.91 Å². The highest BCUT2D eigenvalue weighted by atomic mass is 35.5. The minimum atomic E-state index is -0.747. The SMILES string of the molecule is COC(=O)c1c(Cc2ccc(C(=O)NC(C)(C)CC(=O)N(C)C)cc2)c(=O)c2ccc(Cl)cc2n1-c1ccccc1. The Balaban J connectivity index is 1.74. The van der Waals surface area contributed by atoms with Crippen LogP contribution in [-0.4, -0.2) is 54.0 Å². The van der Waals surface area contributed by atoms with Crippen LogP contribution in [0.1, 0.15) is 52.2 Å². The van der Waals surface area contributed by atoms with Crippen LogP contribution >= 0.6 is 11.6 Å². The molecule has 1 heterocycles. The molecule has 2 amide bonds. The summed E-state index contributed by atoms with van der Waals surface area (Å²) in [7, 11) is 4.61. The van der Waals surface area contributed by atoms with E-state index in [0.717, 1.165) is 5.56 Å². The quantitative estimate of drug-likeness (QED) is 0.299. The normalized spacial score (nSPS) is 11.3. The third-order valence-corrected chi connectivity index (χ3v) is 7.00. The summed E-state index contributed by atoms with van der Waals surface area (Å²) in [6.45, 7) is 3.58. The number of hydrogen-bond donors (Lipinski definition) is 1. The van der Waals surface area contributed by atoms with Gasteiger partial charge in [0.15, 0.2) is 5.43 Å². The number of nitrogens with zero attached hydrogens (tertiary/aromatic N) is 2. The molecular weight excluding hydrogens is 542 g/mol. The fourth-order valence-corrected chi connectivity index (χ4v) is 4.83.